The van der Waals surface area contributed by atoms with Crippen LogP contribution in [0.1, 0.15) is 41.8 Å². The highest BCUT2D eigenvalue weighted by molar-refractivity contribution is 5.76. The van der Waals surface area contributed by atoms with Crippen molar-refractivity contribution in [2.75, 3.05) is 18.0 Å². The molecule has 2 N–H and O–H groups in total. The highest BCUT2D eigenvalue weighted by atomic mass is 16.5. The van der Waals surface area contributed by atoms with E-state index in [1.165, 1.54) is 0 Å². The highest BCUT2D eigenvalue weighted by Crippen LogP contribution is 2.22. The molecule has 1 atom stereocenters. The fraction of sp³-hybridized carbons (Fsp3) is 0.526. The van der Waals surface area contributed by atoms with Gasteiger partial charge < -0.3 is 19.8 Å². The lowest BCUT2D eigenvalue weighted by molar-refractivity contribution is -0.121. The van der Waals surface area contributed by atoms with Crippen LogP contribution in [0, 0.1) is 13.8 Å². The van der Waals surface area contributed by atoms with E-state index in [0.29, 0.717) is 25.9 Å². The van der Waals surface area contributed by atoms with Gasteiger partial charge in [-0.2, -0.15) is 0 Å². The number of nitrogens with one attached hydrogen (secondary N) is 1. The van der Waals surface area contributed by atoms with Crippen molar-refractivity contribution in [2.24, 2.45) is 0 Å². The van der Waals surface area contributed by atoms with Crippen LogP contribution in [0.2, 0.25) is 0 Å². The van der Waals surface area contributed by atoms with Crippen molar-refractivity contribution in [2.45, 2.75) is 52.2 Å². The molecule has 1 aliphatic heterocycles. The molecule has 0 aromatic carbocycles. The van der Waals surface area contributed by atoms with E-state index in [1.54, 1.807) is 6.20 Å². The molecule has 0 radical (unpaired) electrons. The second-order valence-electron chi connectivity index (χ2n) is 6.81. The van der Waals surface area contributed by atoms with Gasteiger partial charge in [-0.25, -0.2) is 4.98 Å². The average molecular weight is 358 g/mol. The summed E-state index contributed by atoms with van der Waals surface area (Å²) in [6, 6.07) is 3.84. The normalized spacial score (nSPS) is 17.3. The third-order valence-electron chi connectivity index (χ3n) is 4.82. The van der Waals surface area contributed by atoms with Gasteiger partial charge in [-0.1, -0.05) is 11.2 Å². The molecule has 2 aromatic rings. The van der Waals surface area contributed by atoms with Crippen LogP contribution in [-0.4, -0.2) is 40.3 Å². The summed E-state index contributed by atoms with van der Waals surface area (Å²) in [7, 11) is 0. The summed E-state index contributed by atoms with van der Waals surface area (Å²) in [5, 5.41) is 16.8. The zero-order chi connectivity index (χ0) is 18.5. The number of aryl methyl sites for hydroxylation is 2. The van der Waals surface area contributed by atoms with Crippen molar-refractivity contribution in [3.05, 3.63) is 40.9 Å². The number of aliphatic hydroxyl groups excluding tert-OH is 1. The number of anilines is 1. The SMILES string of the molecule is Cc1noc(C)c1CCC(=O)NCc1cccnc1N1CCC[C@H](O)C1. The number of amides is 1. The minimum absolute atomic E-state index is 0.0153. The second-order valence-corrected chi connectivity index (χ2v) is 6.81. The van der Waals surface area contributed by atoms with E-state index in [-0.39, 0.29) is 12.0 Å². The number of pyridine rings is 1. The van der Waals surface area contributed by atoms with E-state index in [0.717, 1.165) is 47.8 Å². The summed E-state index contributed by atoms with van der Waals surface area (Å²) in [6.07, 6.45) is 4.21. The van der Waals surface area contributed by atoms with Crippen LogP contribution in [0.5, 0.6) is 0 Å². The van der Waals surface area contributed by atoms with Gasteiger partial charge in [0.15, 0.2) is 0 Å². The first-order valence-corrected chi connectivity index (χ1v) is 9.10. The summed E-state index contributed by atoms with van der Waals surface area (Å²) in [5.74, 6) is 1.60. The Bertz CT molecular complexity index is 739. The minimum atomic E-state index is -0.316. The topological polar surface area (TPSA) is 91.5 Å². The van der Waals surface area contributed by atoms with E-state index in [4.69, 9.17) is 4.52 Å². The molecule has 1 fully saturated rings. The van der Waals surface area contributed by atoms with Gasteiger partial charge in [0.25, 0.3) is 0 Å². The fourth-order valence-corrected chi connectivity index (χ4v) is 3.38. The van der Waals surface area contributed by atoms with Gasteiger partial charge in [0.1, 0.15) is 11.6 Å². The zero-order valence-electron chi connectivity index (χ0n) is 15.4. The lowest BCUT2D eigenvalue weighted by Crippen LogP contribution is -2.39. The number of carbonyl (C=O) groups is 1. The number of aliphatic hydroxyl groups is 1. The van der Waals surface area contributed by atoms with Gasteiger partial charge in [0.2, 0.25) is 5.91 Å². The molecule has 1 amide bonds. The smallest absolute Gasteiger partial charge is 0.220 e. The first-order valence-electron chi connectivity index (χ1n) is 9.10. The van der Waals surface area contributed by atoms with Crippen molar-refractivity contribution >= 4 is 11.7 Å². The predicted molar refractivity (Wildman–Crippen MR) is 97.8 cm³/mol. The summed E-state index contributed by atoms with van der Waals surface area (Å²) in [4.78, 5) is 18.8. The summed E-state index contributed by atoms with van der Waals surface area (Å²) < 4.78 is 5.13. The third kappa shape index (κ3) is 4.40. The number of carbonyl (C=O) groups excluding carboxylic acids is 1. The van der Waals surface area contributed by atoms with E-state index < -0.39 is 0 Å². The Kier molecular flexibility index (Phi) is 5.88. The molecule has 3 rings (SSSR count). The number of aromatic nitrogens is 2. The average Bonchev–Trinajstić information content (AvgIpc) is 2.96. The maximum absolute atomic E-state index is 12.2. The summed E-state index contributed by atoms with van der Waals surface area (Å²) in [6.45, 7) is 5.64. The van der Waals surface area contributed by atoms with E-state index >= 15 is 0 Å². The molecule has 7 nitrogen and oxygen atoms in total. The molecule has 0 unspecified atom stereocenters. The number of hydrogen-bond acceptors (Lipinski definition) is 6. The molecule has 0 saturated carbocycles. The van der Waals surface area contributed by atoms with Gasteiger partial charge in [-0.3, -0.25) is 4.79 Å². The molecular weight excluding hydrogens is 332 g/mol. The Balaban J connectivity index is 1.57. The van der Waals surface area contributed by atoms with E-state index in [1.807, 2.05) is 26.0 Å². The molecule has 0 spiro atoms. The number of rotatable bonds is 6. The van der Waals surface area contributed by atoms with Crippen molar-refractivity contribution in [3.63, 3.8) is 0 Å². The van der Waals surface area contributed by atoms with Crippen molar-refractivity contribution in [1.82, 2.24) is 15.5 Å². The minimum Gasteiger partial charge on any atom is -0.391 e. The largest absolute Gasteiger partial charge is 0.391 e. The van der Waals surface area contributed by atoms with Gasteiger partial charge in [0.05, 0.1) is 11.8 Å². The first kappa shape index (κ1) is 18.4. The van der Waals surface area contributed by atoms with E-state index in [2.05, 4.69) is 20.4 Å². The lowest BCUT2D eigenvalue weighted by Gasteiger charge is -2.32. The monoisotopic (exact) mass is 358 g/mol. The maximum atomic E-state index is 12.2. The molecule has 0 aliphatic carbocycles. The Morgan fingerprint density at radius 1 is 1.46 bits per heavy atom. The number of nitrogens with zero attached hydrogens (tertiary/aromatic N) is 3. The molecule has 140 valence electrons. The standard InChI is InChI=1S/C19H26N4O3/c1-13-17(14(2)26-22-13)7-8-18(25)21-11-15-5-3-9-20-19(15)23-10-4-6-16(24)12-23/h3,5,9,16,24H,4,6-8,10-12H2,1-2H3,(H,21,25)/t16-/m0/s1. The molecule has 0 bridgehead atoms. The van der Waals surface area contributed by atoms with Crippen LogP contribution in [-0.2, 0) is 17.8 Å². The zero-order valence-corrected chi connectivity index (χ0v) is 15.4. The van der Waals surface area contributed by atoms with E-state index in [9.17, 15) is 9.90 Å². The Morgan fingerprint density at radius 3 is 3.04 bits per heavy atom. The number of hydrogen-bond donors (Lipinski definition) is 2. The molecule has 26 heavy (non-hydrogen) atoms. The third-order valence-corrected chi connectivity index (χ3v) is 4.82. The highest BCUT2D eigenvalue weighted by Gasteiger charge is 2.21. The molecule has 3 heterocycles. The molecule has 7 heteroatoms. The summed E-state index contributed by atoms with van der Waals surface area (Å²) >= 11 is 0. The fourth-order valence-electron chi connectivity index (χ4n) is 3.38. The number of β-amino-alcohol motifs (C(OH)–C–C–N with tert-alkyl or cyclic N) is 1. The molecule has 1 saturated heterocycles. The molecule has 2 aromatic heterocycles. The molecule has 1 aliphatic rings. The maximum Gasteiger partial charge on any atom is 0.220 e. The quantitative estimate of drug-likeness (QED) is 0.819. The van der Waals surface area contributed by atoms with Gasteiger partial charge in [-0.05, 0) is 39.2 Å². The van der Waals surface area contributed by atoms with Gasteiger partial charge in [-0.15, -0.1) is 0 Å². The predicted octanol–water partition coefficient (Wildman–Crippen LogP) is 1.90. The van der Waals surface area contributed by atoms with Crippen molar-refractivity contribution in [3.8, 4) is 0 Å². The van der Waals surface area contributed by atoms with Gasteiger partial charge in [0, 0.05) is 43.4 Å². The molecular formula is C19H26N4O3. The first-order chi connectivity index (χ1) is 12.5. The van der Waals surface area contributed by atoms with Gasteiger partial charge >= 0.3 is 0 Å². The summed E-state index contributed by atoms with van der Waals surface area (Å²) in [5.41, 5.74) is 2.81. The van der Waals surface area contributed by atoms with Crippen LogP contribution >= 0.6 is 0 Å². The van der Waals surface area contributed by atoms with Crippen molar-refractivity contribution in [1.29, 1.82) is 0 Å². The van der Waals surface area contributed by atoms with Crippen LogP contribution in [0.15, 0.2) is 22.9 Å². The van der Waals surface area contributed by atoms with Crippen LogP contribution < -0.4 is 10.2 Å². The van der Waals surface area contributed by atoms with Crippen molar-refractivity contribution < 1.29 is 14.4 Å². The van der Waals surface area contributed by atoms with Crippen LogP contribution in [0.4, 0.5) is 5.82 Å². The van der Waals surface area contributed by atoms with Crippen LogP contribution in [0.25, 0.3) is 0 Å². The Labute approximate surface area is 153 Å². The Morgan fingerprint density at radius 2 is 2.31 bits per heavy atom. The van der Waals surface area contributed by atoms with Crippen LogP contribution in [0.3, 0.4) is 0 Å². The number of piperidine rings is 1. The second kappa shape index (κ2) is 8.31. The Hall–Kier alpha value is -2.41. The lowest BCUT2D eigenvalue weighted by atomic mass is 10.1.